The van der Waals surface area contributed by atoms with Gasteiger partial charge in [-0.05, 0) is 55.3 Å². The fourth-order valence-electron chi connectivity index (χ4n) is 1.88. The number of rotatable bonds is 3. The van der Waals surface area contributed by atoms with Crippen molar-refractivity contribution in [1.82, 2.24) is 0 Å². The van der Waals surface area contributed by atoms with Gasteiger partial charge in [0.2, 0.25) is 0 Å². The average molecular weight is 294 g/mol. The number of benzene rings is 2. The van der Waals surface area contributed by atoms with Crippen LogP contribution in [0.2, 0.25) is 0 Å². The van der Waals surface area contributed by atoms with Crippen LogP contribution >= 0.6 is 0 Å². The second kappa shape index (κ2) is 5.13. The lowest BCUT2D eigenvalue weighted by molar-refractivity contribution is 0.598. The second-order valence-corrected chi connectivity index (χ2v) is 6.19. The Morgan fingerprint density at radius 1 is 1.15 bits per heavy atom. The first-order valence-electron chi connectivity index (χ1n) is 5.95. The van der Waals surface area contributed by atoms with Crippen molar-refractivity contribution in [3.63, 3.8) is 0 Å². The minimum atomic E-state index is -3.77. The number of aryl methyl sites for hydroxylation is 1. The predicted octanol–water partition coefficient (Wildman–Crippen LogP) is 2.83. The van der Waals surface area contributed by atoms with Crippen molar-refractivity contribution in [1.29, 1.82) is 0 Å². The molecule has 2 aromatic carbocycles. The smallest absolute Gasteiger partial charge is 0.262 e. The molecule has 0 saturated carbocycles. The van der Waals surface area contributed by atoms with E-state index >= 15 is 0 Å². The lowest BCUT2D eigenvalue weighted by Crippen LogP contribution is -2.15. The fraction of sp³-hybridized carbons (Fsp3) is 0.143. The van der Waals surface area contributed by atoms with Gasteiger partial charge >= 0.3 is 0 Å². The van der Waals surface area contributed by atoms with Crippen LogP contribution in [0.25, 0.3) is 0 Å². The van der Waals surface area contributed by atoms with Gasteiger partial charge in [-0.2, -0.15) is 0 Å². The van der Waals surface area contributed by atoms with Gasteiger partial charge in [0, 0.05) is 5.69 Å². The normalized spacial score (nSPS) is 11.3. The molecule has 0 amide bonds. The van der Waals surface area contributed by atoms with E-state index in [-0.39, 0.29) is 4.90 Å². The van der Waals surface area contributed by atoms with E-state index in [1.54, 1.807) is 32.0 Å². The minimum absolute atomic E-state index is 0.0423. The highest BCUT2D eigenvalue weighted by atomic mass is 32.2. The molecule has 2 rings (SSSR count). The Kier molecular flexibility index (Phi) is 3.67. The van der Waals surface area contributed by atoms with Gasteiger partial charge in [-0.15, -0.1) is 0 Å². The molecule has 0 heterocycles. The van der Waals surface area contributed by atoms with Gasteiger partial charge in [0.05, 0.1) is 10.6 Å². The number of hydrogen-bond acceptors (Lipinski definition) is 3. The van der Waals surface area contributed by atoms with E-state index in [9.17, 15) is 12.8 Å². The first kappa shape index (κ1) is 14.3. The molecule has 4 nitrogen and oxygen atoms in total. The van der Waals surface area contributed by atoms with Gasteiger partial charge in [-0.3, -0.25) is 4.72 Å². The molecule has 0 fully saturated rings. The SMILES string of the molecule is Cc1cc(F)ccc1S(=O)(=O)Nc1cccc(N)c1C. The molecule has 0 atom stereocenters. The summed E-state index contributed by atoms with van der Waals surface area (Å²) in [5.41, 5.74) is 7.65. The summed E-state index contributed by atoms with van der Waals surface area (Å²) in [6.45, 7) is 3.27. The van der Waals surface area contributed by atoms with Crippen molar-refractivity contribution in [3.8, 4) is 0 Å². The Balaban J connectivity index is 2.44. The van der Waals surface area contributed by atoms with Crippen molar-refractivity contribution in [2.24, 2.45) is 0 Å². The first-order chi connectivity index (χ1) is 9.31. The largest absolute Gasteiger partial charge is 0.398 e. The van der Waals surface area contributed by atoms with Crippen molar-refractivity contribution >= 4 is 21.4 Å². The maximum atomic E-state index is 13.0. The van der Waals surface area contributed by atoms with E-state index in [1.165, 1.54) is 12.1 Å². The van der Waals surface area contributed by atoms with Gasteiger partial charge in [-0.25, -0.2) is 12.8 Å². The first-order valence-corrected chi connectivity index (χ1v) is 7.43. The van der Waals surface area contributed by atoms with Gasteiger partial charge in [-0.1, -0.05) is 6.07 Å². The maximum Gasteiger partial charge on any atom is 0.262 e. The van der Waals surface area contributed by atoms with Gasteiger partial charge < -0.3 is 5.73 Å². The molecule has 0 aliphatic heterocycles. The van der Waals surface area contributed by atoms with Crippen molar-refractivity contribution in [2.45, 2.75) is 18.7 Å². The van der Waals surface area contributed by atoms with Crippen LogP contribution in [0.4, 0.5) is 15.8 Å². The quantitative estimate of drug-likeness (QED) is 0.855. The molecular weight excluding hydrogens is 279 g/mol. The second-order valence-electron chi connectivity index (χ2n) is 4.54. The molecule has 3 N–H and O–H groups in total. The summed E-state index contributed by atoms with van der Waals surface area (Å²) in [6.07, 6.45) is 0. The summed E-state index contributed by atoms with van der Waals surface area (Å²) in [5, 5.41) is 0. The van der Waals surface area contributed by atoms with E-state index in [0.717, 1.165) is 6.07 Å². The molecular formula is C14H15FN2O2S. The molecule has 0 unspecified atom stereocenters. The molecule has 0 bridgehead atoms. The fourth-order valence-corrected chi connectivity index (χ4v) is 3.23. The van der Waals surface area contributed by atoms with Crippen molar-refractivity contribution in [3.05, 3.63) is 53.3 Å². The molecule has 0 radical (unpaired) electrons. The van der Waals surface area contributed by atoms with E-state index in [1.807, 2.05) is 0 Å². The van der Waals surface area contributed by atoms with Crippen LogP contribution in [-0.2, 0) is 10.0 Å². The van der Waals surface area contributed by atoms with Crippen LogP contribution in [0, 0.1) is 19.7 Å². The predicted molar refractivity (Wildman–Crippen MR) is 77.5 cm³/mol. The molecule has 6 heteroatoms. The third kappa shape index (κ3) is 2.75. The molecule has 0 spiro atoms. The number of hydrogen-bond donors (Lipinski definition) is 2. The van der Waals surface area contributed by atoms with Crippen LogP contribution in [0.15, 0.2) is 41.3 Å². The van der Waals surface area contributed by atoms with Gasteiger partial charge in [0.1, 0.15) is 5.82 Å². The summed E-state index contributed by atoms with van der Waals surface area (Å²) in [5.74, 6) is -0.471. The van der Waals surface area contributed by atoms with Crippen LogP contribution < -0.4 is 10.5 Å². The Morgan fingerprint density at radius 3 is 2.50 bits per heavy atom. The topological polar surface area (TPSA) is 72.2 Å². The lowest BCUT2D eigenvalue weighted by Gasteiger charge is -2.13. The molecule has 0 aromatic heterocycles. The standard InChI is InChI=1S/C14H15FN2O2S/c1-9-8-11(15)6-7-14(9)20(18,19)17-13-5-3-4-12(16)10(13)2/h3-8,17H,16H2,1-2H3. The zero-order valence-electron chi connectivity index (χ0n) is 11.1. The van der Waals surface area contributed by atoms with Crippen LogP contribution in [0.3, 0.4) is 0 Å². The zero-order chi connectivity index (χ0) is 14.9. The Labute approximate surface area is 117 Å². The summed E-state index contributed by atoms with van der Waals surface area (Å²) in [6, 6.07) is 8.53. The average Bonchev–Trinajstić information content (AvgIpc) is 2.34. The van der Waals surface area contributed by atoms with E-state index in [2.05, 4.69) is 4.72 Å². The summed E-state index contributed by atoms with van der Waals surface area (Å²) >= 11 is 0. The minimum Gasteiger partial charge on any atom is -0.398 e. The Morgan fingerprint density at radius 2 is 1.85 bits per heavy atom. The summed E-state index contributed by atoms with van der Waals surface area (Å²) in [4.78, 5) is 0.0423. The summed E-state index contributed by atoms with van der Waals surface area (Å²) in [7, 11) is -3.77. The highest BCUT2D eigenvalue weighted by Crippen LogP contribution is 2.25. The Bertz CT molecular complexity index is 758. The molecule has 0 aliphatic carbocycles. The van der Waals surface area contributed by atoms with E-state index < -0.39 is 15.8 Å². The molecule has 0 aliphatic rings. The zero-order valence-corrected chi connectivity index (χ0v) is 12.0. The number of halogens is 1. The number of anilines is 2. The Hall–Kier alpha value is -2.08. The highest BCUT2D eigenvalue weighted by Gasteiger charge is 2.18. The van der Waals surface area contributed by atoms with Crippen LogP contribution in [0.1, 0.15) is 11.1 Å². The third-order valence-corrected chi connectivity index (χ3v) is 4.57. The highest BCUT2D eigenvalue weighted by molar-refractivity contribution is 7.92. The van der Waals surface area contributed by atoms with Crippen LogP contribution in [0.5, 0.6) is 0 Å². The van der Waals surface area contributed by atoms with E-state index in [4.69, 9.17) is 5.73 Å². The maximum absolute atomic E-state index is 13.0. The number of nitrogens with one attached hydrogen (secondary N) is 1. The molecule has 106 valence electrons. The van der Waals surface area contributed by atoms with E-state index in [0.29, 0.717) is 22.5 Å². The van der Waals surface area contributed by atoms with Gasteiger partial charge in [0.25, 0.3) is 10.0 Å². The van der Waals surface area contributed by atoms with Crippen molar-refractivity contribution in [2.75, 3.05) is 10.5 Å². The lowest BCUT2D eigenvalue weighted by atomic mass is 10.2. The third-order valence-electron chi connectivity index (χ3n) is 3.05. The summed E-state index contributed by atoms with van der Waals surface area (Å²) < 4.78 is 40.2. The monoisotopic (exact) mass is 294 g/mol. The molecule has 20 heavy (non-hydrogen) atoms. The number of nitrogens with two attached hydrogens (primary N) is 1. The number of sulfonamides is 1. The molecule has 0 saturated heterocycles. The molecule has 2 aromatic rings. The van der Waals surface area contributed by atoms with Gasteiger partial charge in [0.15, 0.2) is 0 Å². The number of nitrogen functional groups attached to an aromatic ring is 1. The van der Waals surface area contributed by atoms with Crippen molar-refractivity contribution < 1.29 is 12.8 Å². The van der Waals surface area contributed by atoms with Crippen LogP contribution in [-0.4, -0.2) is 8.42 Å².